The number of aliphatic hydroxyl groups excluding tert-OH is 1. The lowest BCUT2D eigenvalue weighted by Crippen LogP contribution is -2.46. The lowest BCUT2D eigenvalue weighted by Gasteiger charge is -2.33. The highest BCUT2D eigenvalue weighted by atomic mass is 32.1. The van der Waals surface area contributed by atoms with E-state index in [0.717, 1.165) is 55.6 Å². The van der Waals surface area contributed by atoms with Gasteiger partial charge in [0.1, 0.15) is 0 Å². The monoisotopic (exact) mass is 293 g/mol. The number of thiophene rings is 1. The number of rotatable bonds is 5. The minimum absolute atomic E-state index is 0.244. The highest BCUT2D eigenvalue weighted by molar-refractivity contribution is 7.13. The van der Waals surface area contributed by atoms with Crippen molar-refractivity contribution in [1.29, 1.82) is 0 Å². The number of β-amino-alcohol motifs (C(OH)–C–C–N with tert-alkyl or cyclic N) is 1. The third-order valence-corrected chi connectivity index (χ3v) is 4.47. The normalized spacial score (nSPS) is 17.6. The molecule has 5 nitrogen and oxygen atoms in total. The van der Waals surface area contributed by atoms with Crippen molar-refractivity contribution in [2.45, 2.75) is 6.54 Å². The van der Waals surface area contributed by atoms with Gasteiger partial charge in [-0.05, 0) is 11.4 Å². The van der Waals surface area contributed by atoms with Crippen molar-refractivity contribution in [3.05, 3.63) is 29.3 Å². The molecule has 0 unspecified atom stereocenters. The maximum Gasteiger partial charge on any atom is 0.177 e. The molecule has 0 aliphatic carbocycles. The topological polar surface area (TPSA) is 52.7 Å². The summed E-state index contributed by atoms with van der Waals surface area (Å²) in [4.78, 5) is 5.79. The quantitative estimate of drug-likeness (QED) is 0.905. The highest BCUT2D eigenvalue weighted by Crippen LogP contribution is 2.25. The molecule has 1 saturated heterocycles. The predicted octanol–water partition coefficient (Wildman–Crippen LogP) is 1.51. The van der Waals surface area contributed by atoms with Gasteiger partial charge in [-0.1, -0.05) is 11.2 Å². The van der Waals surface area contributed by atoms with E-state index >= 15 is 0 Å². The van der Waals surface area contributed by atoms with Crippen LogP contribution in [0.3, 0.4) is 0 Å². The van der Waals surface area contributed by atoms with E-state index in [9.17, 15) is 0 Å². The van der Waals surface area contributed by atoms with Gasteiger partial charge in [0.25, 0.3) is 0 Å². The van der Waals surface area contributed by atoms with E-state index in [4.69, 9.17) is 9.63 Å². The molecule has 0 amide bonds. The van der Waals surface area contributed by atoms with Crippen LogP contribution in [0, 0.1) is 0 Å². The van der Waals surface area contributed by atoms with E-state index in [0.29, 0.717) is 0 Å². The lowest BCUT2D eigenvalue weighted by atomic mass is 10.2. The summed E-state index contributed by atoms with van der Waals surface area (Å²) in [6.45, 7) is 5.91. The first-order chi connectivity index (χ1) is 9.85. The van der Waals surface area contributed by atoms with Crippen LogP contribution in [0.5, 0.6) is 0 Å². The predicted molar refractivity (Wildman–Crippen MR) is 78.6 cm³/mol. The molecule has 1 N–H and O–H groups in total. The summed E-state index contributed by atoms with van der Waals surface area (Å²) in [5.41, 5.74) is 0.990. The Morgan fingerprint density at radius 2 is 2.05 bits per heavy atom. The smallest absolute Gasteiger partial charge is 0.177 e. The van der Waals surface area contributed by atoms with Crippen LogP contribution in [0.25, 0.3) is 10.6 Å². The molecule has 0 spiro atoms. The van der Waals surface area contributed by atoms with Crippen molar-refractivity contribution in [3.8, 4) is 10.6 Å². The molecule has 1 aliphatic rings. The van der Waals surface area contributed by atoms with Crippen molar-refractivity contribution in [3.63, 3.8) is 0 Å². The van der Waals surface area contributed by atoms with E-state index in [2.05, 4.69) is 15.0 Å². The fourth-order valence-corrected chi connectivity index (χ4v) is 3.14. The second kappa shape index (κ2) is 6.49. The molecule has 20 heavy (non-hydrogen) atoms. The summed E-state index contributed by atoms with van der Waals surface area (Å²) >= 11 is 1.66. The third kappa shape index (κ3) is 3.27. The Labute approximate surface area is 122 Å². The zero-order valence-electron chi connectivity index (χ0n) is 11.4. The average molecular weight is 293 g/mol. The van der Waals surface area contributed by atoms with Gasteiger partial charge in [-0.2, -0.15) is 0 Å². The van der Waals surface area contributed by atoms with Gasteiger partial charge in [0.15, 0.2) is 5.76 Å². The Morgan fingerprint density at radius 1 is 1.25 bits per heavy atom. The Morgan fingerprint density at radius 3 is 2.75 bits per heavy atom. The minimum Gasteiger partial charge on any atom is -0.395 e. The lowest BCUT2D eigenvalue weighted by molar-refractivity contribution is 0.107. The largest absolute Gasteiger partial charge is 0.395 e. The van der Waals surface area contributed by atoms with Crippen molar-refractivity contribution < 1.29 is 9.63 Å². The molecule has 0 atom stereocenters. The Hall–Kier alpha value is -1.21. The molecule has 2 aromatic heterocycles. The molecule has 0 bridgehead atoms. The number of aliphatic hydroxyl groups is 1. The highest BCUT2D eigenvalue weighted by Gasteiger charge is 2.18. The van der Waals surface area contributed by atoms with E-state index in [1.165, 1.54) is 0 Å². The number of hydrogen-bond donors (Lipinski definition) is 1. The molecule has 3 heterocycles. The fraction of sp³-hybridized carbons (Fsp3) is 0.500. The zero-order valence-corrected chi connectivity index (χ0v) is 12.2. The van der Waals surface area contributed by atoms with Crippen LogP contribution in [0.4, 0.5) is 0 Å². The molecule has 1 aliphatic heterocycles. The summed E-state index contributed by atoms with van der Waals surface area (Å²) in [5, 5.41) is 15.1. The van der Waals surface area contributed by atoms with Crippen LogP contribution in [-0.4, -0.2) is 59.4 Å². The number of hydrogen-bond acceptors (Lipinski definition) is 6. The summed E-state index contributed by atoms with van der Waals surface area (Å²) in [6, 6.07) is 6.09. The molecule has 0 aromatic carbocycles. The van der Waals surface area contributed by atoms with E-state index in [-0.39, 0.29) is 6.61 Å². The Kier molecular flexibility index (Phi) is 4.47. The fourth-order valence-electron chi connectivity index (χ4n) is 2.46. The second-order valence-electron chi connectivity index (χ2n) is 5.00. The summed E-state index contributed by atoms with van der Waals surface area (Å²) in [5.74, 6) is 0.855. The summed E-state index contributed by atoms with van der Waals surface area (Å²) in [7, 11) is 0. The van der Waals surface area contributed by atoms with Crippen LogP contribution in [-0.2, 0) is 6.54 Å². The van der Waals surface area contributed by atoms with Gasteiger partial charge in [-0.3, -0.25) is 9.80 Å². The maximum atomic E-state index is 8.94. The first-order valence-corrected chi connectivity index (χ1v) is 7.78. The molecule has 6 heteroatoms. The minimum atomic E-state index is 0.244. The standard InChI is InChI=1S/C14H19N3O2S/c18-8-7-16-3-5-17(6-4-16)11-12-10-13(19-15-12)14-2-1-9-20-14/h1-2,9-10,18H,3-8,11H2. The van der Waals surface area contributed by atoms with Gasteiger partial charge in [-0.15, -0.1) is 11.3 Å². The molecule has 0 radical (unpaired) electrons. The molecule has 0 saturated carbocycles. The molecule has 2 aromatic rings. The number of piperazine rings is 1. The maximum absolute atomic E-state index is 8.94. The van der Waals surface area contributed by atoms with E-state index < -0.39 is 0 Å². The average Bonchev–Trinajstić information content (AvgIpc) is 3.12. The van der Waals surface area contributed by atoms with Crippen molar-refractivity contribution in [1.82, 2.24) is 15.0 Å². The molecule has 1 fully saturated rings. The van der Waals surface area contributed by atoms with Gasteiger partial charge in [0, 0.05) is 45.3 Å². The van der Waals surface area contributed by atoms with Crippen LogP contribution < -0.4 is 0 Å². The van der Waals surface area contributed by atoms with Crippen LogP contribution in [0.15, 0.2) is 28.1 Å². The number of nitrogens with zero attached hydrogens (tertiary/aromatic N) is 3. The van der Waals surface area contributed by atoms with E-state index in [1.807, 2.05) is 23.6 Å². The first-order valence-electron chi connectivity index (χ1n) is 6.90. The molecule has 108 valence electrons. The van der Waals surface area contributed by atoms with Gasteiger partial charge in [0.05, 0.1) is 17.2 Å². The van der Waals surface area contributed by atoms with Crippen LogP contribution in [0.1, 0.15) is 5.69 Å². The van der Waals surface area contributed by atoms with Crippen LogP contribution in [0.2, 0.25) is 0 Å². The van der Waals surface area contributed by atoms with Crippen molar-refractivity contribution >= 4 is 11.3 Å². The second-order valence-corrected chi connectivity index (χ2v) is 5.95. The van der Waals surface area contributed by atoms with Crippen LogP contribution >= 0.6 is 11.3 Å². The van der Waals surface area contributed by atoms with Gasteiger partial charge >= 0.3 is 0 Å². The van der Waals surface area contributed by atoms with E-state index in [1.54, 1.807) is 11.3 Å². The summed E-state index contributed by atoms with van der Waals surface area (Å²) in [6.07, 6.45) is 0. The summed E-state index contributed by atoms with van der Waals surface area (Å²) < 4.78 is 5.40. The van der Waals surface area contributed by atoms with Crippen molar-refractivity contribution in [2.24, 2.45) is 0 Å². The van der Waals surface area contributed by atoms with Gasteiger partial charge in [-0.25, -0.2) is 0 Å². The Bertz CT molecular complexity index is 518. The van der Waals surface area contributed by atoms with Crippen molar-refractivity contribution in [2.75, 3.05) is 39.3 Å². The SMILES string of the molecule is OCCN1CCN(Cc2cc(-c3cccs3)on2)CC1. The third-order valence-electron chi connectivity index (χ3n) is 3.59. The van der Waals surface area contributed by atoms with Gasteiger partial charge in [0.2, 0.25) is 0 Å². The number of aromatic nitrogens is 1. The molecular formula is C14H19N3O2S. The zero-order chi connectivity index (χ0) is 13.8. The first kappa shape index (κ1) is 13.8. The Balaban J connectivity index is 1.54. The van der Waals surface area contributed by atoms with Gasteiger partial charge < -0.3 is 9.63 Å². The molecular weight excluding hydrogens is 274 g/mol. The molecule has 3 rings (SSSR count).